The second-order valence-electron chi connectivity index (χ2n) is 8.59. The van der Waals surface area contributed by atoms with Crippen LogP contribution in [0.2, 0.25) is 0 Å². The fraction of sp³-hybridized carbons (Fsp3) is 0.222. The summed E-state index contributed by atoms with van der Waals surface area (Å²) in [7, 11) is 0. The predicted octanol–water partition coefficient (Wildman–Crippen LogP) is 5.92. The van der Waals surface area contributed by atoms with Gasteiger partial charge in [-0.3, -0.25) is 5.10 Å². The fourth-order valence-electron chi connectivity index (χ4n) is 4.73. The number of hydrogen-bond acceptors (Lipinski definition) is 2. The van der Waals surface area contributed by atoms with Crippen LogP contribution in [0.15, 0.2) is 78.9 Å². The Balaban J connectivity index is 1.41. The Morgan fingerprint density at radius 2 is 1.55 bits per heavy atom. The first-order valence-electron chi connectivity index (χ1n) is 11.1. The molecule has 0 spiro atoms. The molecule has 0 aliphatic carbocycles. The van der Waals surface area contributed by atoms with E-state index in [4.69, 9.17) is 0 Å². The molecule has 5 rings (SSSR count). The largest absolute Gasteiger partial charge is 0.302 e. The predicted molar refractivity (Wildman–Crippen MR) is 122 cm³/mol. The van der Waals surface area contributed by atoms with Crippen LogP contribution >= 0.6 is 0 Å². The summed E-state index contributed by atoms with van der Waals surface area (Å²) in [5.74, 6) is -1.56. The van der Waals surface area contributed by atoms with Crippen LogP contribution in [0.25, 0.3) is 11.3 Å². The van der Waals surface area contributed by atoms with Crippen molar-refractivity contribution in [2.75, 3.05) is 19.6 Å². The molecule has 1 aromatic heterocycles. The molecule has 3 nitrogen and oxygen atoms in total. The molecule has 0 amide bonds. The van der Waals surface area contributed by atoms with E-state index in [9.17, 15) is 13.2 Å². The van der Waals surface area contributed by atoms with Crippen molar-refractivity contribution in [3.63, 3.8) is 0 Å². The third kappa shape index (κ3) is 4.71. The van der Waals surface area contributed by atoms with E-state index >= 15 is 0 Å². The maximum absolute atomic E-state index is 14.8. The second kappa shape index (κ2) is 9.24. The smallest absolute Gasteiger partial charge is 0.129 e. The number of aromatic amines is 1. The van der Waals surface area contributed by atoms with Crippen molar-refractivity contribution in [1.29, 1.82) is 0 Å². The van der Waals surface area contributed by atoms with Crippen molar-refractivity contribution < 1.29 is 13.2 Å². The van der Waals surface area contributed by atoms with Gasteiger partial charge in [0, 0.05) is 48.8 Å². The quantitative estimate of drug-likeness (QED) is 0.398. The van der Waals surface area contributed by atoms with Gasteiger partial charge in [0.05, 0.1) is 5.69 Å². The Labute approximate surface area is 190 Å². The molecule has 0 unspecified atom stereocenters. The summed E-state index contributed by atoms with van der Waals surface area (Å²) in [6.45, 7) is 2.25. The third-order valence-electron chi connectivity index (χ3n) is 6.45. The zero-order valence-electron chi connectivity index (χ0n) is 18.0. The molecule has 0 saturated carbocycles. The van der Waals surface area contributed by atoms with Gasteiger partial charge in [0.15, 0.2) is 0 Å². The van der Waals surface area contributed by atoms with Crippen molar-refractivity contribution in [3.05, 3.63) is 113 Å². The fourth-order valence-corrected chi connectivity index (χ4v) is 4.73. The van der Waals surface area contributed by atoms with Gasteiger partial charge in [-0.1, -0.05) is 36.4 Å². The molecule has 33 heavy (non-hydrogen) atoms. The van der Waals surface area contributed by atoms with Crippen LogP contribution in [0.3, 0.4) is 0 Å². The van der Waals surface area contributed by atoms with Gasteiger partial charge in [0.2, 0.25) is 0 Å². The summed E-state index contributed by atoms with van der Waals surface area (Å²) >= 11 is 0. The van der Waals surface area contributed by atoms with Gasteiger partial charge in [-0.2, -0.15) is 5.10 Å². The number of benzene rings is 3. The van der Waals surface area contributed by atoms with Crippen LogP contribution in [0.5, 0.6) is 0 Å². The highest BCUT2D eigenvalue weighted by molar-refractivity contribution is 5.59. The Bertz CT molecular complexity index is 1220. The van der Waals surface area contributed by atoms with Crippen LogP contribution in [-0.4, -0.2) is 34.7 Å². The number of rotatable bonds is 6. The zero-order valence-corrected chi connectivity index (χ0v) is 18.0. The van der Waals surface area contributed by atoms with Crippen LogP contribution in [0, 0.1) is 17.5 Å². The molecule has 168 valence electrons. The summed E-state index contributed by atoms with van der Waals surface area (Å²) < 4.78 is 41.6. The third-order valence-corrected chi connectivity index (χ3v) is 6.45. The first kappa shape index (κ1) is 21.5. The summed E-state index contributed by atoms with van der Waals surface area (Å²) in [4.78, 5) is 2.32. The highest BCUT2D eigenvalue weighted by Gasteiger charge is 2.37. The molecule has 0 bridgehead atoms. The first-order valence-corrected chi connectivity index (χ1v) is 11.1. The van der Waals surface area contributed by atoms with Crippen LogP contribution in [0.1, 0.15) is 28.7 Å². The maximum atomic E-state index is 14.8. The minimum atomic E-state index is -0.577. The van der Waals surface area contributed by atoms with Crippen LogP contribution < -0.4 is 0 Å². The summed E-state index contributed by atoms with van der Waals surface area (Å²) in [6.07, 6.45) is 0.899. The molecule has 1 saturated heterocycles. The van der Waals surface area contributed by atoms with E-state index in [1.807, 2.05) is 24.3 Å². The topological polar surface area (TPSA) is 31.9 Å². The number of halogens is 3. The maximum Gasteiger partial charge on any atom is 0.129 e. The first-order chi connectivity index (χ1) is 16.1. The SMILES string of the molecule is Fc1ccc(-c2cc([C@@H]3CN(CCc4ccccc4)C[C@H]3c3ccc(F)cc3F)[nH]n2)cc1. The lowest BCUT2D eigenvalue weighted by molar-refractivity contribution is 0.335. The van der Waals surface area contributed by atoms with E-state index in [1.54, 1.807) is 18.2 Å². The van der Waals surface area contributed by atoms with Crippen molar-refractivity contribution in [2.24, 2.45) is 0 Å². The Morgan fingerprint density at radius 3 is 2.30 bits per heavy atom. The number of nitrogens with one attached hydrogen (secondary N) is 1. The molecule has 6 heteroatoms. The standard InChI is InChI=1S/C27H24F3N3/c28-20-8-6-19(7-9-20)26-15-27(32-31-26)24-17-33(13-12-18-4-2-1-3-5-18)16-23(24)22-11-10-21(29)14-25(22)30/h1-11,14-15,23-24H,12-13,16-17H2,(H,31,32)/t23-,24+/m0/s1. The molecule has 1 aliphatic rings. The molecular formula is C27H24F3N3. The van der Waals surface area contributed by atoms with E-state index in [0.29, 0.717) is 17.8 Å². The average Bonchev–Trinajstić information content (AvgIpc) is 3.46. The van der Waals surface area contributed by atoms with Crippen molar-refractivity contribution >= 4 is 0 Å². The average molecular weight is 448 g/mol. The van der Waals surface area contributed by atoms with Gasteiger partial charge in [0.25, 0.3) is 0 Å². The van der Waals surface area contributed by atoms with E-state index in [-0.39, 0.29) is 17.7 Å². The Kier molecular flexibility index (Phi) is 6.01. The minimum absolute atomic E-state index is 0.0255. The second-order valence-corrected chi connectivity index (χ2v) is 8.59. The van der Waals surface area contributed by atoms with E-state index < -0.39 is 11.6 Å². The highest BCUT2D eigenvalue weighted by atomic mass is 19.1. The number of H-pyrrole nitrogens is 1. The summed E-state index contributed by atoms with van der Waals surface area (Å²) in [6, 6.07) is 22.2. The van der Waals surface area contributed by atoms with Gasteiger partial charge < -0.3 is 4.90 Å². The molecule has 1 fully saturated rings. The lowest BCUT2D eigenvalue weighted by Crippen LogP contribution is -2.23. The van der Waals surface area contributed by atoms with Crippen LogP contribution in [0.4, 0.5) is 13.2 Å². The lowest BCUT2D eigenvalue weighted by Gasteiger charge is -2.18. The minimum Gasteiger partial charge on any atom is -0.302 e. The number of likely N-dealkylation sites (tertiary alicyclic amines) is 1. The highest BCUT2D eigenvalue weighted by Crippen LogP contribution is 2.41. The normalized spacial score (nSPS) is 18.6. The summed E-state index contributed by atoms with van der Waals surface area (Å²) in [5, 5.41) is 7.54. The van der Waals surface area contributed by atoms with Crippen molar-refractivity contribution in [1.82, 2.24) is 15.1 Å². The monoisotopic (exact) mass is 447 g/mol. The molecule has 2 atom stereocenters. The molecule has 4 aromatic rings. The molecule has 3 aromatic carbocycles. The number of nitrogens with zero attached hydrogens (tertiary/aromatic N) is 2. The molecule has 1 aliphatic heterocycles. The van der Waals surface area contributed by atoms with Gasteiger partial charge in [-0.25, -0.2) is 13.2 Å². The number of aromatic nitrogens is 2. The number of hydrogen-bond donors (Lipinski definition) is 1. The Hall–Kier alpha value is -3.38. The van der Waals surface area contributed by atoms with Gasteiger partial charge in [0.1, 0.15) is 17.5 Å². The van der Waals surface area contributed by atoms with Gasteiger partial charge in [-0.05, 0) is 53.9 Å². The Morgan fingerprint density at radius 1 is 0.818 bits per heavy atom. The van der Waals surface area contributed by atoms with Gasteiger partial charge in [-0.15, -0.1) is 0 Å². The molecular weight excluding hydrogens is 423 g/mol. The lowest BCUT2D eigenvalue weighted by atomic mass is 9.86. The van der Waals surface area contributed by atoms with Crippen molar-refractivity contribution in [2.45, 2.75) is 18.3 Å². The molecule has 1 N–H and O–H groups in total. The van der Waals surface area contributed by atoms with Crippen molar-refractivity contribution in [3.8, 4) is 11.3 Å². The van der Waals surface area contributed by atoms with E-state index in [0.717, 1.165) is 36.8 Å². The van der Waals surface area contributed by atoms with Gasteiger partial charge >= 0.3 is 0 Å². The molecule has 0 radical (unpaired) electrons. The van der Waals surface area contributed by atoms with E-state index in [2.05, 4.69) is 27.2 Å². The van der Waals surface area contributed by atoms with Crippen LogP contribution in [-0.2, 0) is 6.42 Å². The zero-order chi connectivity index (χ0) is 22.8. The van der Waals surface area contributed by atoms with E-state index in [1.165, 1.54) is 23.8 Å². The molecule has 2 heterocycles. The summed E-state index contributed by atoms with van der Waals surface area (Å²) in [5.41, 5.74) is 4.19.